The average molecular weight is 1920 g/mol. The molecule has 0 saturated carbocycles. The van der Waals surface area contributed by atoms with Crippen LogP contribution in [0.1, 0.15) is 155 Å². The molecule has 0 aliphatic carbocycles. The lowest BCUT2D eigenvalue weighted by Gasteiger charge is -2.39. The molecule has 0 aromatic heterocycles. The Bertz CT molecular complexity index is 5250. The first-order chi connectivity index (χ1) is 64.2. The molecule has 4 heterocycles. The Morgan fingerprint density at radius 1 is 0.519 bits per heavy atom. The second-order valence-corrected chi connectivity index (χ2v) is 34.4. The topological polar surface area (TPSA) is 802 Å². The summed E-state index contributed by atoms with van der Waals surface area (Å²) in [6.45, 7) is 0.497. The summed E-state index contributed by atoms with van der Waals surface area (Å²) in [5, 5.41) is 104. The number of hydrogen-bond acceptors (Lipinski definition) is 24. The van der Waals surface area contributed by atoms with Crippen molar-refractivity contribution in [1.29, 1.82) is 27.0 Å². The summed E-state index contributed by atoms with van der Waals surface area (Å²) in [7, 11) is -5.56. The second kappa shape index (κ2) is 49.3. The van der Waals surface area contributed by atoms with Gasteiger partial charge in [-0.2, -0.15) is 0 Å². The predicted octanol–water partition coefficient (Wildman–Crippen LogP) is -2.64. The minimum atomic E-state index is -5.56. The lowest BCUT2D eigenvalue weighted by Crippen LogP contribution is -2.63. The molecule has 37 N–H and O–H groups in total. The molecular weight excluding hydrogens is 1800 g/mol. The van der Waals surface area contributed by atoms with E-state index in [2.05, 4.69) is 85.1 Å². The molecule has 50 heteroatoms. The van der Waals surface area contributed by atoms with Gasteiger partial charge in [0.05, 0.1) is 11.7 Å². The first-order valence-corrected chi connectivity index (χ1v) is 45.8. The third kappa shape index (κ3) is 30.8. The van der Waals surface area contributed by atoms with E-state index in [0.29, 0.717) is 39.7 Å². The van der Waals surface area contributed by atoms with Crippen LogP contribution in [-0.2, 0) is 78.6 Å². The summed E-state index contributed by atoms with van der Waals surface area (Å²) in [5.41, 5.74) is 34.8. The predicted molar refractivity (Wildman–Crippen MR) is 497 cm³/mol. The van der Waals surface area contributed by atoms with Crippen LogP contribution in [0, 0.1) is 27.0 Å². The molecule has 5 aromatic carbocycles. The van der Waals surface area contributed by atoms with Crippen molar-refractivity contribution in [3.63, 3.8) is 0 Å². The van der Waals surface area contributed by atoms with E-state index in [1.54, 1.807) is 66.7 Å². The van der Waals surface area contributed by atoms with Crippen LogP contribution in [0.2, 0.25) is 0 Å². The van der Waals surface area contributed by atoms with Crippen LogP contribution in [0.3, 0.4) is 0 Å². The lowest BCUT2D eigenvalue weighted by atomic mass is 9.77. The highest BCUT2D eigenvalue weighted by atomic mass is 32.1. The molecule has 11 atom stereocenters. The number of piperidine rings is 1. The molecule has 2 fully saturated rings. The van der Waals surface area contributed by atoms with E-state index < -0.39 is 194 Å². The summed E-state index contributed by atoms with van der Waals surface area (Å²) in [4.78, 5) is 201. The van der Waals surface area contributed by atoms with E-state index in [-0.39, 0.29) is 182 Å². The van der Waals surface area contributed by atoms with Crippen LogP contribution in [-0.4, -0.2) is 243 Å². The Labute approximate surface area is 780 Å². The second-order valence-electron chi connectivity index (χ2n) is 32.8. The molecule has 5 aromatic rings. The number of ether oxygens (including phenoxy) is 2. The molecule has 2 saturated heterocycles. The summed E-state index contributed by atoms with van der Waals surface area (Å²) >= 11 is 5.63. The zero-order chi connectivity index (χ0) is 98.4. The van der Waals surface area contributed by atoms with Crippen molar-refractivity contribution in [1.82, 2.24) is 84.7 Å². The third-order valence-electron chi connectivity index (χ3n) is 22.6. The van der Waals surface area contributed by atoms with Gasteiger partial charge in [0, 0.05) is 93.2 Å². The van der Waals surface area contributed by atoms with Gasteiger partial charge in [0.2, 0.25) is 65.0 Å². The van der Waals surface area contributed by atoms with Crippen LogP contribution in [0.15, 0.2) is 97.1 Å². The SMILES string of the molecule is C[C@@H](OP(=O)(O)O)[C@H]1NC(=O)[C@H](CCCNC(=N)N)NC(=O)[C@H](CCCNC(=N)N)NC(=O)[C@H](CCCNC(=N)N)NC(=O)[C@H](CCC(=O)N[C@@H](CCCCNC(=S)Nc2ccc3c(c2)C(=O)OC32c3ccc(O)cc3Oc3cc(O)ccc32)C(N)=O)NC(=O)[C@H](CCCNC(=N)N)NC(=O)[C@H](CCCNC(=N)N)NC(=O)[C@H](Cc2ccc3ccccc3c2)NC(=O)[C@@H]2CCCCN2C1=O. The van der Waals surface area contributed by atoms with Crippen LogP contribution >= 0.6 is 20.0 Å². The van der Waals surface area contributed by atoms with Crippen molar-refractivity contribution >= 4 is 142 Å². The number of phenols is 2. The van der Waals surface area contributed by atoms with E-state index >= 15 is 43.2 Å². The number of carbonyl (C=O) groups excluding carboxylic acids is 12. The summed E-state index contributed by atoms with van der Waals surface area (Å²) < 4.78 is 30.1. The number of anilines is 1. The standard InChI is InChI=1S/C85H119N28O20PS/c1-44(133-134(128,129)130)67-77(126)113-38-7-5-21-63(113)76(125)111-62(40-45-22-23-46-13-2-3-14-47(46)39-45)75(124)109-59(19-11-36-100-82(93)94)71(120)106-58(18-10-35-99-81(91)92)72(121)110-61(73(122)107-57(17-9-34-98-80(89)90)69(118)105-56(16-8-33-97-79(87)88)70(119)108-60(74(123)112-67)20-12-37-101-83(95)96)30-31-66(116)104-55(68(86)117)15-4-6-32-102-84(135)103-48-24-27-52-51(41-48)78(127)132-85(52)53-28-25-49(114)42-64(53)131-65-43-50(115)26-29-54(65)85/h2-3,13-14,22-29,39,41-44,55-63,67,114-115H,4-12,15-21,30-38,40H2,1H3,(H2,86,117)(H,104,116)(H,105,118)(H,106,120)(H,107,122)(H,108,119)(H,109,124)(H,110,121)(H,111,125)(H,112,123)(H4,87,88,97)(H4,89,90,98)(H4,91,92,99)(H4,93,94,100)(H4,95,96,101)(H2,102,103,135)(H2,128,129,130)/t44-,55+,56+,57+,58+,59+,60+,61+,62+,63+,67-/m1/s1. The fourth-order valence-electron chi connectivity index (χ4n) is 16.0. The fourth-order valence-corrected chi connectivity index (χ4v) is 16.8. The molecule has 0 radical (unpaired) electrons. The van der Waals surface area contributed by atoms with E-state index in [9.17, 15) is 38.9 Å². The smallest absolute Gasteiger partial charge is 0.469 e. The third-order valence-corrected chi connectivity index (χ3v) is 23.5. The molecule has 4 aliphatic heterocycles. The zero-order valence-corrected chi connectivity index (χ0v) is 75.8. The van der Waals surface area contributed by atoms with E-state index in [1.165, 1.54) is 24.3 Å². The molecule has 48 nitrogen and oxygen atoms in total. The van der Waals surface area contributed by atoms with Gasteiger partial charge in [-0.3, -0.25) is 84.3 Å². The van der Waals surface area contributed by atoms with E-state index in [1.807, 2.05) is 6.07 Å². The number of phosphoric acid groups is 1. The number of phosphoric ester groups is 1. The quantitative estimate of drug-likeness (QED) is 0.00487. The number of esters is 1. The number of amides is 11. The zero-order valence-electron chi connectivity index (χ0n) is 74.1. The molecule has 9 rings (SSSR count). The number of guanidine groups is 5. The van der Waals surface area contributed by atoms with Gasteiger partial charge in [-0.1, -0.05) is 48.5 Å². The van der Waals surface area contributed by atoms with Crippen LogP contribution in [0.4, 0.5) is 5.69 Å². The summed E-state index contributed by atoms with van der Waals surface area (Å²) in [6, 6.07) is 8.84. The van der Waals surface area contributed by atoms with Gasteiger partial charge >= 0.3 is 13.8 Å². The van der Waals surface area contributed by atoms with Gasteiger partial charge in [-0.25, -0.2) is 9.36 Å². The minimum absolute atomic E-state index is 0.0274. The van der Waals surface area contributed by atoms with E-state index in [0.717, 1.165) is 17.2 Å². The highest BCUT2D eigenvalue weighted by molar-refractivity contribution is 7.80. The Morgan fingerprint density at radius 3 is 1.41 bits per heavy atom. The number of phenolic OH excluding ortho intramolecular Hbond substituents is 2. The number of rotatable bonds is 36. The van der Waals surface area contributed by atoms with Gasteiger partial charge < -0.3 is 154 Å². The normalized spacial score (nSPS) is 20.5. The maximum atomic E-state index is 15.5. The van der Waals surface area contributed by atoms with Crippen molar-refractivity contribution in [2.45, 2.75) is 201 Å². The van der Waals surface area contributed by atoms with Gasteiger partial charge in [-0.15, -0.1) is 0 Å². The number of benzene rings is 5. The molecule has 135 heavy (non-hydrogen) atoms. The van der Waals surface area contributed by atoms with Crippen LogP contribution < -0.4 is 124 Å². The van der Waals surface area contributed by atoms with Crippen molar-refractivity contribution in [3.05, 3.63) is 125 Å². The van der Waals surface area contributed by atoms with Crippen molar-refractivity contribution < 1.29 is 96.1 Å². The van der Waals surface area contributed by atoms with Gasteiger partial charge in [-0.05, 0) is 181 Å². The fraction of sp³-hybridized carbons (Fsp3) is 0.459. The maximum absolute atomic E-state index is 15.5. The molecule has 4 aliphatic rings. The molecule has 0 unspecified atom stereocenters. The first-order valence-electron chi connectivity index (χ1n) is 43.9. The molecule has 0 bridgehead atoms. The minimum Gasteiger partial charge on any atom is -0.508 e. The van der Waals surface area contributed by atoms with Crippen molar-refractivity contribution in [3.8, 4) is 23.0 Å². The monoisotopic (exact) mass is 1910 g/mol. The number of hydrogen-bond donors (Lipinski definition) is 31. The maximum Gasteiger partial charge on any atom is 0.469 e. The van der Waals surface area contributed by atoms with Gasteiger partial charge in [0.25, 0.3) is 0 Å². The number of nitrogens with zero attached hydrogens (tertiary/aromatic N) is 1. The number of nitrogens with one attached hydrogen (secondary N) is 21. The number of fused-ring (bicyclic) bond motifs is 8. The molecule has 11 amide bonds. The number of nitrogens with two attached hydrogens (primary N) is 6. The Balaban J connectivity index is 1.04. The number of carbonyl (C=O) groups is 12. The Kier molecular flexibility index (Phi) is 38.1. The van der Waals surface area contributed by atoms with Gasteiger partial charge in [0.15, 0.2) is 40.5 Å². The lowest BCUT2D eigenvalue weighted by molar-refractivity contribution is -0.148. The van der Waals surface area contributed by atoms with Crippen LogP contribution in [0.5, 0.6) is 23.0 Å². The Hall–Kier alpha value is -14.5. The summed E-state index contributed by atoms with van der Waals surface area (Å²) in [6.07, 6.45) is -4.80. The molecular formula is C85H119N28O20PS. The number of primary amides is 1. The Morgan fingerprint density at radius 2 is 0.948 bits per heavy atom. The van der Waals surface area contributed by atoms with Crippen molar-refractivity contribution in [2.24, 2.45) is 34.4 Å². The van der Waals surface area contributed by atoms with Crippen molar-refractivity contribution in [2.75, 3.05) is 51.1 Å². The largest absolute Gasteiger partial charge is 0.508 e. The van der Waals surface area contributed by atoms with Gasteiger partial charge in [0.1, 0.15) is 83.4 Å². The number of aromatic hydroxyl groups is 2. The summed E-state index contributed by atoms with van der Waals surface area (Å²) in [5.74, 6) is -14.8. The molecule has 1 spiro atoms. The number of thiocarbonyl (C=S) groups is 1. The highest BCUT2D eigenvalue weighted by Gasteiger charge is 2.54. The first kappa shape index (κ1) is 104. The number of unbranched alkanes of at least 4 members (excludes halogenated alkanes) is 1. The molecule has 730 valence electrons. The highest BCUT2D eigenvalue weighted by Crippen LogP contribution is 2.57. The van der Waals surface area contributed by atoms with Crippen LogP contribution in [0.25, 0.3) is 10.8 Å². The van der Waals surface area contributed by atoms with E-state index in [4.69, 9.17) is 87.7 Å². The average Bonchev–Trinajstić information content (AvgIpc) is 1.55.